The normalized spacial score (nSPS) is 10.8. The van der Waals surface area contributed by atoms with Gasteiger partial charge in [0, 0.05) is 24.4 Å². The quantitative estimate of drug-likeness (QED) is 0.141. The highest BCUT2D eigenvalue weighted by Gasteiger charge is 2.04. The molecular formula is C18H30IN3O2S. The van der Waals surface area contributed by atoms with Crippen LogP contribution in [0.4, 0.5) is 0 Å². The van der Waals surface area contributed by atoms with E-state index in [1.807, 2.05) is 13.8 Å². The van der Waals surface area contributed by atoms with Crippen LogP contribution in [0.2, 0.25) is 0 Å². The molecule has 0 atom stereocenters. The molecule has 2 N–H and O–H groups in total. The second-order valence-corrected chi connectivity index (χ2v) is 6.19. The van der Waals surface area contributed by atoms with Crippen LogP contribution in [-0.2, 0) is 16.1 Å². The third-order valence-corrected chi connectivity index (χ3v) is 4.17. The summed E-state index contributed by atoms with van der Waals surface area (Å²) in [5.74, 6) is 0.625. The Morgan fingerprint density at radius 2 is 2.04 bits per heavy atom. The fraction of sp³-hybridized carbons (Fsp3) is 0.556. The molecule has 25 heavy (non-hydrogen) atoms. The van der Waals surface area contributed by atoms with Crippen molar-refractivity contribution in [2.24, 2.45) is 4.99 Å². The number of guanidine groups is 1. The molecule has 0 aliphatic rings. The van der Waals surface area contributed by atoms with Gasteiger partial charge in [0.2, 0.25) is 0 Å². The molecular weight excluding hydrogens is 449 g/mol. The van der Waals surface area contributed by atoms with Crippen LogP contribution in [0, 0.1) is 6.92 Å². The number of halogens is 1. The van der Waals surface area contributed by atoms with E-state index in [1.165, 1.54) is 16.0 Å². The Morgan fingerprint density at radius 3 is 2.68 bits per heavy atom. The maximum Gasteiger partial charge on any atom is 0.305 e. The molecule has 0 radical (unpaired) electrons. The van der Waals surface area contributed by atoms with Gasteiger partial charge in [-0.1, -0.05) is 12.1 Å². The molecule has 0 aliphatic carbocycles. The van der Waals surface area contributed by atoms with Gasteiger partial charge in [-0.15, -0.1) is 35.7 Å². The SMILES string of the molecule is CCNC(=NCc1ccc(C)cc1SC)NCCCC(=O)OCC.I. The third kappa shape index (κ3) is 9.94. The zero-order valence-corrected chi connectivity index (χ0v) is 18.7. The summed E-state index contributed by atoms with van der Waals surface area (Å²) in [6.45, 7) is 8.51. The van der Waals surface area contributed by atoms with E-state index in [1.54, 1.807) is 11.8 Å². The molecule has 0 bridgehead atoms. The Bertz CT molecular complexity index is 553. The van der Waals surface area contributed by atoms with Crippen molar-refractivity contribution in [2.75, 3.05) is 26.0 Å². The Hall–Kier alpha value is -0.960. The summed E-state index contributed by atoms with van der Waals surface area (Å²) >= 11 is 1.74. The molecule has 0 saturated heterocycles. The maximum absolute atomic E-state index is 11.3. The van der Waals surface area contributed by atoms with E-state index in [0.29, 0.717) is 26.1 Å². The summed E-state index contributed by atoms with van der Waals surface area (Å²) in [7, 11) is 0. The monoisotopic (exact) mass is 479 g/mol. The number of nitrogens with one attached hydrogen (secondary N) is 2. The van der Waals surface area contributed by atoms with E-state index in [0.717, 1.165) is 18.9 Å². The zero-order valence-electron chi connectivity index (χ0n) is 15.6. The van der Waals surface area contributed by atoms with Gasteiger partial charge in [0.15, 0.2) is 5.96 Å². The van der Waals surface area contributed by atoms with Crippen molar-refractivity contribution < 1.29 is 9.53 Å². The molecule has 1 rings (SSSR count). The topological polar surface area (TPSA) is 62.7 Å². The van der Waals surface area contributed by atoms with Crippen LogP contribution >= 0.6 is 35.7 Å². The Labute approximate surface area is 172 Å². The summed E-state index contributed by atoms with van der Waals surface area (Å²) in [4.78, 5) is 17.2. The van der Waals surface area contributed by atoms with Crippen LogP contribution < -0.4 is 10.6 Å². The summed E-state index contributed by atoms with van der Waals surface area (Å²) in [5.41, 5.74) is 2.48. The molecule has 0 saturated carbocycles. The van der Waals surface area contributed by atoms with Gasteiger partial charge in [-0.3, -0.25) is 4.79 Å². The smallest absolute Gasteiger partial charge is 0.305 e. The Kier molecular flexibility index (Phi) is 13.7. The van der Waals surface area contributed by atoms with Crippen molar-refractivity contribution >= 4 is 47.7 Å². The minimum absolute atomic E-state index is 0. The van der Waals surface area contributed by atoms with Crippen LogP contribution in [0.1, 0.15) is 37.8 Å². The van der Waals surface area contributed by atoms with E-state index < -0.39 is 0 Å². The summed E-state index contributed by atoms with van der Waals surface area (Å²) in [6, 6.07) is 6.44. The lowest BCUT2D eigenvalue weighted by molar-refractivity contribution is -0.143. The second-order valence-electron chi connectivity index (χ2n) is 5.35. The molecule has 1 aromatic carbocycles. The second kappa shape index (κ2) is 14.2. The maximum atomic E-state index is 11.3. The number of hydrogen-bond donors (Lipinski definition) is 2. The first-order valence-corrected chi connectivity index (χ1v) is 9.64. The molecule has 0 amide bonds. The number of aryl methyl sites for hydroxylation is 1. The van der Waals surface area contributed by atoms with Crippen LogP contribution in [-0.4, -0.2) is 37.9 Å². The van der Waals surface area contributed by atoms with Crippen LogP contribution in [0.5, 0.6) is 0 Å². The number of carbonyl (C=O) groups excluding carboxylic acids is 1. The molecule has 142 valence electrons. The minimum atomic E-state index is -0.148. The zero-order chi connectivity index (χ0) is 17.8. The van der Waals surface area contributed by atoms with Gasteiger partial charge < -0.3 is 15.4 Å². The highest BCUT2D eigenvalue weighted by molar-refractivity contribution is 14.0. The van der Waals surface area contributed by atoms with Gasteiger partial charge in [-0.25, -0.2) is 4.99 Å². The van der Waals surface area contributed by atoms with Crippen LogP contribution in [0.25, 0.3) is 0 Å². The number of hydrogen-bond acceptors (Lipinski definition) is 4. The number of carbonyl (C=O) groups is 1. The fourth-order valence-corrected chi connectivity index (χ4v) is 2.86. The number of rotatable bonds is 9. The Morgan fingerprint density at radius 1 is 1.28 bits per heavy atom. The molecule has 0 unspecified atom stereocenters. The van der Waals surface area contributed by atoms with E-state index in [9.17, 15) is 4.79 Å². The number of nitrogens with zero attached hydrogens (tertiary/aromatic N) is 1. The standard InChI is InChI=1S/C18H29N3O2S.HI/c1-5-19-18(20-11-7-8-17(22)23-6-2)21-13-15-10-9-14(3)12-16(15)24-4;/h9-10,12H,5-8,11,13H2,1-4H3,(H2,19,20,21);1H. The summed E-state index contributed by atoms with van der Waals surface area (Å²) in [5, 5.41) is 6.49. The third-order valence-electron chi connectivity index (χ3n) is 3.35. The molecule has 0 fully saturated rings. The van der Waals surface area contributed by atoms with Gasteiger partial charge in [0.05, 0.1) is 13.2 Å². The fourth-order valence-electron chi connectivity index (χ4n) is 2.16. The van der Waals surface area contributed by atoms with Crippen molar-refractivity contribution in [3.05, 3.63) is 29.3 Å². The number of ether oxygens (including phenoxy) is 1. The Balaban J connectivity index is 0.00000576. The number of benzene rings is 1. The van der Waals surface area contributed by atoms with E-state index >= 15 is 0 Å². The van der Waals surface area contributed by atoms with Gasteiger partial charge in [-0.05, 0) is 50.6 Å². The average Bonchev–Trinajstić information content (AvgIpc) is 2.57. The molecule has 0 spiro atoms. The molecule has 1 aromatic rings. The number of thioether (sulfide) groups is 1. The van der Waals surface area contributed by atoms with Crippen molar-refractivity contribution in [1.29, 1.82) is 0 Å². The predicted octanol–water partition coefficient (Wildman–Crippen LogP) is 3.73. The average molecular weight is 479 g/mol. The van der Waals surface area contributed by atoms with Gasteiger partial charge >= 0.3 is 5.97 Å². The lowest BCUT2D eigenvalue weighted by atomic mass is 10.1. The van der Waals surface area contributed by atoms with Gasteiger partial charge in [0.25, 0.3) is 0 Å². The largest absolute Gasteiger partial charge is 0.466 e. The van der Waals surface area contributed by atoms with Crippen LogP contribution in [0.3, 0.4) is 0 Å². The lowest BCUT2D eigenvalue weighted by Gasteiger charge is -2.12. The van der Waals surface area contributed by atoms with E-state index in [4.69, 9.17) is 4.74 Å². The predicted molar refractivity (Wildman–Crippen MR) is 117 cm³/mol. The first kappa shape index (κ1) is 24.0. The minimum Gasteiger partial charge on any atom is -0.466 e. The molecule has 0 heterocycles. The van der Waals surface area contributed by atoms with Crippen molar-refractivity contribution in [1.82, 2.24) is 10.6 Å². The van der Waals surface area contributed by atoms with Crippen molar-refractivity contribution in [2.45, 2.75) is 45.1 Å². The first-order chi connectivity index (χ1) is 11.6. The number of aliphatic imine (C=N–C) groups is 1. The van der Waals surface area contributed by atoms with Gasteiger partial charge in [0.1, 0.15) is 0 Å². The molecule has 0 aromatic heterocycles. The molecule has 0 aliphatic heterocycles. The summed E-state index contributed by atoms with van der Waals surface area (Å²) in [6.07, 6.45) is 3.24. The van der Waals surface area contributed by atoms with E-state index in [-0.39, 0.29) is 29.9 Å². The van der Waals surface area contributed by atoms with Crippen molar-refractivity contribution in [3.8, 4) is 0 Å². The first-order valence-electron chi connectivity index (χ1n) is 8.42. The van der Waals surface area contributed by atoms with Crippen LogP contribution in [0.15, 0.2) is 28.1 Å². The lowest BCUT2D eigenvalue weighted by Crippen LogP contribution is -2.37. The number of esters is 1. The van der Waals surface area contributed by atoms with E-state index in [2.05, 4.69) is 47.0 Å². The molecule has 7 heteroatoms. The highest BCUT2D eigenvalue weighted by Crippen LogP contribution is 2.22. The van der Waals surface area contributed by atoms with Gasteiger partial charge in [-0.2, -0.15) is 0 Å². The molecule has 5 nitrogen and oxygen atoms in total. The highest BCUT2D eigenvalue weighted by atomic mass is 127. The van der Waals surface area contributed by atoms with Crippen molar-refractivity contribution in [3.63, 3.8) is 0 Å². The summed E-state index contributed by atoms with van der Waals surface area (Å²) < 4.78 is 4.92.